The Bertz CT molecular complexity index is 487. The minimum atomic E-state index is -0.240. The molecule has 1 aromatic heterocycles. The molecule has 0 bridgehead atoms. The predicted octanol–water partition coefficient (Wildman–Crippen LogP) is 3.40. The quantitative estimate of drug-likeness (QED) is 0.858. The zero-order chi connectivity index (χ0) is 13.0. The van der Waals surface area contributed by atoms with Gasteiger partial charge in [0.1, 0.15) is 5.82 Å². The van der Waals surface area contributed by atoms with Crippen LogP contribution in [0.5, 0.6) is 0 Å². The van der Waals surface area contributed by atoms with Crippen molar-refractivity contribution in [3.63, 3.8) is 0 Å². The molecule has 0 fully saturated rings. The van der Waals surface area contributed by atoms with E-state index in [1.807, 2.05) is 25.1 Å². The Morgan fingerprint density at radius 2 is 1.89 bits per heavy atom. The molecule has 4 heteroatoms. The second-order valence-electron chi connectivity index (χ2n) is 4.07. The first kappa shape index (κ1) is 13.1. The molecule has 0 amide bonds. The van der Waals surface area contributed by atoms with Gasteiger partial charge in [-0.05, 0) is 29.8 Å². The van der Waals surface area contributed by atoms with Crippen molar-refractivity contribution in [1.82, 2.24) is 4.98 Å². The maximum absolute atomic E-state index is 12.8. The highest BCUT2D eigenvalue weighted by Crippen LogP contribution is 2.29. The molecular formula is C14H15FN2S. The van der Waals surface area contributed by atoms with Gasteiger partial charge in [-0.1, -0.05) is 25.1 Å². The monoisotopic (exact) mass is 262 g/mol. The van der Waals surface area contributed by atoms with Gasteiger partial charge in [0.25, 0.3) is 0 Å². The van der Waals surface area contributed by atoms with E-state index >= 15 is 0 Å². The molecule has 0 aliphatic heterocycles. The lowest BCUT2D eigenvalue weighted by Gasteiger charge is -2.19. The van der Waals surface area contributed by atoms with Crippen LogP contribution in [-0.2, 0) is 0 Å². The Labute approximate surface area is 110 Å². The average molecular weight is 262 g/mol. The van der Waals surface area contributed by atoms with Gasteiger partial charge in [-0.15, -0.1) is 11.8 Å². The van der Waals surface area contributed by atoms with Crippen molar-refractivity contribution < 1.29 is 4.39 Å². The van der Waals surface area contributed by atoms with Crippen molar-refractivity contribution in [2.75, 3.05) is 0 Å². The third kappa shape index (κ3) is 3.31. The van der Waals surface area contributed by atoms with Gasteiger partial charge >= 0.3 is 0 Å². The lowest BCUT2D eigenvalue weighted by Crippen LogP contribution is -2.21. The van der Waals surface area contributed by atoms with Crippen molar-refractivity contribution in [2.45, 2.75) is 23.2 Å². The fourth-order valence-corrected chi connectivity index (χ4v) is 2.60. The van der Waals surface area contributed by atoms with E-state index in [9.17, 15) is 4.39 Å². The summed E-state index contributed by atoms with van der Waals surface area (Å²) in [4.78, 5) is 4.26. The van der Waals surface area contributed by atoms with Crippen molar-refractivity contribution in [3.05, 3.63) is 60.0 Å². The van der Waals surface area contributed by atoms with Crippen LogP contribution in [0.25, 0.3) is 0 Å². The maximum atomic E-state index is 12.8. The third-order valence-corrected chi connectivity index (χ3v) is 3.85. The van der Waals surface area contributed by atoms with Gasteiger partial charge in [0.15, 0.2) is 0 Å². The van der Waals surface area contributed by atoms with Gasteiger partial charge in [-0.3, -0.25) is 0 Å². The molecule has 0 spiro atoms. The van der Waals surface area contributed by atoms with Crippen molar-refractivity contribution in [2.24, 2.45) is 5.73 Å². The minimum Gasteiger partial charge on any atom is -0.323 e. The third-order valence-electron chi connectivity index (χ3n) is 2.71. The zero-order valence-electron chi connectivity index (χ0n) is 10.1. The molecule has 2 atom stereocenters. The van der Waals surface area contributed by atoms with E-state index in [4.69, 9.17) is 5.73 Å². The van der Waals surface area contributed by atoms with E-state index in [2.05, 4.69) is 4.98 Å². The summed E-state index contributed by atoms with van der Waals surface area (Å²) in [6.45, 7) is 2.05. The first-order valence-electron chi connectivity index (χ1n) is 5.75. The van der Waals surface area contributed by atoms with Gasteiger partial charge in [-0.25, -0.2) is 9.37 Å². The van der Waals surface area contributed by atoms with E-state index in [0.717, 1.165) is 10.6 Å². The van der Waals surface area contributed by atoms with Crippen LogP contribution in [0.4, 0.5) is 4.39 Å². The summed E-state index contributed by atoms with van der Waals surface area (Å²) < 4.78 is 12.8. The molecule has 18 heavy (non-hydrogen) atoms. The van der Waals surface area contributed by atoms with Crippen LogP contribution in [0, 0.1) is 5.82 Å². The summed E-state index contributed by atoms with van der Waals surface area (Å²) in [5, 5.41) is 1.12. The lowest BCUT2D eigenvalue weighted by atomic mass is 10.1. The second-order valence-corrected chi connectivity index (χ2v) is 5.47. The Morgan fingerprint density at radius 3 is 2.50 bits per heavy atom. The van der Waals surface area contributed by atoms with Crippen LogP contribution in [0.15, 0.2) is 53.7 Å². The number of hydrogen-bond acceptors (Lipinski definition) is 3. The van der Waals surface area contributed by atoms with Crippen LogP contribution in [0.1, 0.15) is 18.5 Å². The number of pyridine rings is 1. The lowest BCUT2D eigenvalue weighted by molar-refractivity contribution is 0.624. The van der Waals surface area contributed by atoms with E-state index in [1.54, 1.807) is 30.1 Å². The highest BCUT2D eigenvalue weighted by atomic mass is 32.2. The summed E-state index contributed by atoms with van der Waals surface area (Å²) in [7, 11) is 0. The number of aromatic nitrogens is 1. The molecule has 94 valence electrons. The average Bonchev–Trinajstić information content (AvgIpc) is 2.40. The number of thioether (sulfide) groups is 1. The molecule has 0 radical (unpaired) electrons. The number of benzene rings is 1. The number of halogens is 1. The van der Waals surface area contributed by atoms with Crippen LogP contribution in [0.2, 0.25) is 0 Å². The first-order chi connectivity index (χ1) is 8.66. The number of nitrogens with two attached hydrogens (primary N) is 1. The molecule has 1 heterocycles. The van der Waals surface area contributed by atoms with E-state index < -0.39 is 0 Å². The molecule has 2 rings (SSSR count). The summed E-state index contributed by atoms with van der Waals surface area (Å²) in [5.74, 6) is -0.240. The Morgan fingerprint density at radius 1 is 1.17 bits per heavy atom. The largest absolute Gasteiger partial charge is 0.323 e. The highest BCUT2D eigenvalue weighted by molar-refractivity contribution is 7.99. The summed E-state index contributed by atoms with van der Waals surface area (Å²) >= 11 is 1.62. The topological polar surface area (TPSA) is 38.9 Å². The van der Waals surface area contributed by atoms with E-state index in [-0.39, 0.29) is 17.1 Å². The summed E-state index contributed by atoms with van der Waals surface area (Å²) in [5.41, 5.74) is 7.10. The molecule has 0 aliphatic carbocycles. The molecular weight excluding hydrogens is 247 g/mol. The fourth-order valence-electron chi connectivity index (χ4n) is 1.64. The van der Waals surface area contributed by atoms with Gasteiger partial charge in [0.05, 0.1) is 5.03 Å². The Kier molecular flexibility index (Phi) is 4.33. The zero-order valence-corrected chi connectivity index (χ0v) is 10.9. The van der Waals surface area contributed by atoms with Gasteiger partial charge in [0, 0.05) is 17.5 Å². The standard InChI is InChI=1S/C14H15FN2S/c1-10(18-13-4-2-3-9-17-13)14(16)11-5-7-12(15)8-6-11/h2-10,14H,16H2,1H3. The Balaban J connectivity index is 2.05. The predicted molar refractivity (Wildman–Crippen MR) is 72.9 cm³/mol. The molecule has 0 saturated carbocycles. The molecule has 0 aliphatic rings. The van der Waals surface area contributed by atoms with Gasteiger partial charge in [-0.2, -0.15) is 0 Å². The van der Waals surface area contributed by atoms with E-state index in [0.29, 0.717) is 0 Å². The number of rotatable bonds is 4. The maximum Gasteiger partial charge on any atom is 0.123 e. The molecule has 1 aromatic carbocycles. The van der Waals surface area contributed by atoms with Crippen LogP contribution >= 0.6 is 11.8 Å². The SMILES string of the molecule is CC(Sc1ccccn1)C(N)c1ccc(F)cc1. The highest BCUT2D eigenvalue weighted by Gasteiger charge is 2.16. The molecule has 2 nitrogen and oxygen atoms in total. The second kappa shape index (κ2) is 5.98. The van der Waals surface area contributed by atoms with Gasteiger partial charge < -0.3 is 5.73 Å². The molecule has 2 aromatic rings. The Hall–Kier alpha value is -1.39. The van der Waals surface area contributed by atoms with Crippen molar-refractivity contribution in [3.8, 4) is 0 Å². The van der Waals surface area contributed by atoms with E-state index in [1.165, 1.54) is 12.1 Å². The summed E-state index contributed by atoms with van der Waals surface area (Å²) in [6.07, 6.45) is 1.76. The van der Waals surface area contributed by atoms with Crippen LogP contribution < -0.4 is 5.73 Å². The first-order valence-corrected chi connectivity index (χ1v) is 6.63. The van der Waals surface area contributed by atoms with Gasteiger partial charge in [0.2, 0.25) is 0 Å². The molecule has 0 saturated heterocycles. The fraction of sp³-hybridized carbons (Fsp3) is 0.214. The van der Waals surface area contributed by atoms with Crippen LogP contribution in [-0.4, -0.2) is 10.2 Å². The molecule has 2 unspecified atom stereocenters. The molecule has 2 N–H and O–H groups in total. The van der Waals surface area contributed by atoms with Crippen LogP contribution in [0.3, 0.4) is 0 Å². The van der Waals surface area contributed by atoms with Crippen molar-refractivity contribution >= 4 is 11.8 Å². The number of hydrogen-bond donors (Lipinski definition) is 1. The summed E-state index contributed by atoms with van der Waals surface area (Å²) in [6, 6.07) is 12.0. The van der Waals surface area contributed by atoms with Crippen molar-refractivity contribution in [1.29, 1.82) is 0 Å². The minimum absolute atomic E-state index is 0.141. The normalized spacial score (nSPS) is 14.2. The smallest absolute Gasteiger partial charge is 0.123 e. The number of nitrogens with zero attached hydrogens (tertiary/aromatic N) is 1.